The van der Waals surface area contributed by atoms with Crippen LogP contribution in [0.1, 0.15) is 0 Å². The fourth-order valence-electron chi connectivity index (χ4n) is 1.35. The normalized spacial score (nSPS) is 16.7. The predicted octanol–water partition coefficient (Wildman–Crippen LogP) is -0.344. The summed E-state index contributed by atoms with van der Waals surface area (Å²) in [5.41, 5.74) is 0.824. The average molecular weight is 197 g/mol. The molecule has 1 aliphatic heterocycles. The second-order valence-electron chi connectivity index (χ2n) is 3.40. The van der Waals surface area contributed by atoms with Gasteiger partial charge < -0.3 is 10.2 Å². The maximum Gasteiger partial charge on any atom is 0.327 e. The maximum absolute atomic E-state index is 11.4. The van der Waals surface area contributed by atoms with Crippen LogP contribution in [0, 0.1) is 0 Å². The molecule has 0 atom stereocenters. The molecule has 0 aromatic heterocycles. The number of urea groups is 1. The summed E-state index contributed by atoms with van der Waals surface area (Å²) in [6, 6.07) is -0.243. The van der Waals surface area contributed by atoms with Crippen LogP contribution in [0.25, 0.3) is 0 Å². The molecule has 1 heterocycles. The minimum atomic E-state index is -0.243. The highest BCUT2D eigenvalue weighted by molar-refractivity contribution is 6.02. The first kappa shape index (κ1) is 10.7. The Morgan fingerprint density at radius 2 is 2.21 bits per heavy atom. The zero-order valence-electron chi connectivity index (χ0n) is 8.54. The molecule has 0 radical (unpaired) electrons. The van der Waals surface area contributed by atoms with Crippen molar-refractivity contribution in [1.29, 1.82) is 0 Å². The van der Waals surface area contributed by atoms with Crippen molar-refractivity contribution in [2.24, 2.45) is 0 Å². The first-order chi connectivity index (χ1) is 6.56. The highest BCUT2D eigenvalue weighted by atomic mass is 16.2. The van der Waals surface area contributed by atoms with Crippen LogP contribution in [0.5, 0.6) is 0 Å². The lowest BCUT2D eigenvalue weighted by Gasteiger charge is -2.15. The van der Waals surface area contributed by atoms with Crippen LogP contribution in [0.3, 0.4) is 0 Å². The van der Waals surface area contributed by atoms with Crippen molar-refractivity contribution in [3.05, 3.63) is 12.2 Å². The number of carbonyl (C=O) groups excluding carboxylic acids is 2. The van der Waals surface area contributed by atoms with Crippen molar-refractivity contribution in [2.75, 3.05) is 33.7 Å². The Labute approximate surface area is 83.4 Å². The van der Waals surface area contributed by atoms with Crippen molar-refractivity contribution in [1.82, 2.24) is 15.1 Å². The first-order valence-electron chi connectivity index (χ1n) is 4.43. The molecule has 1 N–H and O–H groups in total. The number of imide groups is 1. The summed E-state index contributed by atoms with van der Waals surface area (Å²) in [5.74, 6) is -0.158. The minimum absolute atomic E-state index is 0.158. The summed E-state index contributed by atoms with van der Waals surface area (Å²) in [6.45, 7) is 4.87. The van der Waals surface area contributed by atoms with Gasteiger partial charge in [-0.3, -0.25) is 9.69 Å². The van der Waals surface area contributed by atoms with Crippen LogP contribution in [-0.2, 0) is 4.79 Å². The zero-order valence-corrected chi connectivity index (χ0v) is 8.54. The highest BCUT2D eigenvalue weighted by Crippen LogP contribution is 2.09. The number of nitrogens with zero attached hydrogens (tertiary/aromatic N) is 2. The molecular weight excluding hydrogens is 182 g/mol. The van der Waals surface area contributed by atoms with Crippen LogP contribution in [0.2, 0.25) is 0 Å². The van der Waals surface area contributed by atoms with Gasteiger partial charge in [-0.15, -0.1) is 0 Å². The third-order valence-corrected chi connectivity index (χ3v) is 2.04. The predicted molar refractivity (Wildman–Crippen MR) is 52.8 cm³/mol. The maximum atomic E-state index is 11.4. The monoisotopic (exact) mass is 197 g/mol. The van der Waals surface area contributed by atoms with Gasteiger partial charge in [0, 0.05) is 13.6 Å². The van der Waals surface area contributed by atoms with Gasteiger partial charge in [-0.05, 0) is 12.6 Å². The van der Waals surface area contributed by atoms with E-state index in [2.05, 4.69) is 11.9 Å². The summed E-state index contributed by atoms with van der Waals surface area (Å²) in [6.07, 6.45) is 0. The zero-order chi connectivity index (χ0) is 10.7. The molecule has 1 aliphatic rings. The van der Waals surface area contributed by atoms with Crippen molar-refractivity contribution >= 4 is 11.9 Å². The van der Waals surface area contributed by atoms with Gasteiger partial charge >= 0.3 is 6.03 Å². The lowest BCUT2D eigenvalue weighted by atomic mass is 10.3. The Morgan fingerprint density at radius 1 is 1.57 bits per heavy atom. The van der Waals surface area contributed by atoms with E-state index >= 15 is 0 Å². The van der Waals surface area contributed by atoms with Crippen molar-refractivity contribution < 1.29 is 9.59 Å². The number of carbonyl (C=O) groups is 2. The van der Waals surface area contributed by atoms with Crippen LogP contribution < -0.4 is 5.32 Å². The van der Waals surface area contributed by atoms with E-state index in [1.54, 1.807) is 14.1 Å². The van der Waals surface area contributed by atoms with Crippen molar-refractivity contribution in [3.63, 3.8) is 0 Å². The van der Waals surface area contributed by atoms with Crippen molar-refractivity contribution in [3.8, 4) is 0 Å². The number of hydrogen-bond donors (Lipinski definition) is 1. The number of amides is 3. The molecule has 0 unspecified atom stereocenters. The van der Waals surface area contributed by atoms with Gasteiger partial charge in [0.2, 0.25) is 0 Å². The van der Waals surface area contributed by atoms with Gasteiger partial charge in [-0.1, -0.05) is 6.58 Å². The van der Waals surface area contributed by atoms with E-state index in [0.717, 1.165) is 5.57 Å². The van der Waals surface area contributed by atoms with E-state index < -0.39 is 0 Å². The van der Waals surface area contributed by atoms with Crippen LogP contribution in [0.4, 0.5) is 4.79 Å². The molecule has 5 nitrogen and oxygen atoms in total. The molecule has 1 fully saturated rings. The Kier molecular flexibility index (Phi) is 3.24. The third kappa shape index (κ3) is 2.11. The SMILES string of the molecule is C=C(CNC)CN1C(=O)CN(C)C1=O. The number of hydrogen-bond acceptors (Lipinski definition) is 3. The quantitative estimate of drug-likeness (QED) is 0.495. The lowest BCUT2D eigenvalue weighted by Crippen LogP contribution is -2.34. The van der Waals surface area contributed by atoms with E-state index in [1.807, 2.05) is 0 Å². The fourth-order valence-corrected chi connectivity index (χ4v) is 1.35. The van der Waals surface area contributed by atoms with Gasteiger partial charge in [-0.2, -0.15) is 0 Å². The summed E-state index contributed by atoms with van der Waals surface area (Å²) in [7, 11) is 3.41. The molecule has 0 aliphatic carbocycles. The molecule has 1 saturated heterocycles. The smallest absolute Gasteiger partial charge is 0.318 e. The Morgan fingerprint density at radius 3 is 2.64 bits per heavy atom. The molecule has 78 valence electrons. The Bertz CT molecular complexity index is 275. The molecular formula is C9H15N3O2. The molecule has 0 aromatic rings. The summed E-state index contributed by atoms with van der Waals surface area (Å²) < 4.78 is 0. The van der Waals surface area contributed by atoms with Gasteiger partial charge in [0.1, 0.15) is 6.54 Å². The fraction of sp³-hybridized carbons (Fsp3) is 0.556. The molecule has 14 heavy (non-hydrogen) atoms. The number of rotatable bonds is 4. The standard InChI is InChI=1S/C9H15N3O2/c1-7(4-10-2)5-12-8(13)6-11(3)9(12)14/h10H,1,4-6H2,2-3H3. The molecule has 0 saturated carbocycles. The van der Waals surface area contributed by atoms with Gasteiger partial charge in [0.05, 0.1) is 6.54 Å². The summed E-state index contributed by atoms with van der Waals surface area (Å²) in [5, 5.41) is 2.92. The molecule has 3 amide bonds. The molecule has 5 heteroatoms. The molecule has 1 rings (SSSR count). The van der Waals surface area contributed by atoms with E-state index in [9.17, 15) is 9.59 Å². The summed E-state index contributed by atoms with van der Waals surface area (Å²) in [4.78, 5) is 25.4. The van der Waals surface area contributed by atoms with E-state index in [0.29, 0.717) is 13.1 Å². The van der Waals surface area contributed by atoms with E-state index in [-0.39, 0.29) is 18.5 Å². The lowest BCUT2D eigenvalue weighted by molar-refractivity contribution is -0.125. The highest BCUT2D eigenvalue weighted by Gasteiger charge is 2.33. The van der Waals surface area contributed by atoms with E-state index in [1.165, 1.54) is 9.80 Å². The average Bonchev–Trinajstić information content (AvgIpc) is 2.33. The van der Waals surface area contributed by atoms with Gasteiger partial charge in [-0.25, -0.2) is 4.79 Å². The van der Waals surface area contributed by atoms with Crippen LogP contribution in [-0.4, -0.2) is 55.5 Å². The van der Waals surface area contributed by atoms with Gasteiger partial charge in [0.15, 0.2) is 0 Å². The molecule has 0 spiro atoms. The van der Waals surface area contributed by atoms with Crippen molar-refractivity contribution in [2.45, 2.75) is 0 Å². The summed E-state index contributed by atoms with van der Waals surface area (Å²) >= 11 is 0. The van der Waals surface area contributed by atoms with Crippen LogP contribution in [0.15, 0.2) is 12.2 Å². The Hall–Kier alpha value is -1.36. The first-order valence-corrected chi connectivity index (χ1v) is 4.43. The second-order valence-corrected chi connectivity index (χ2v) is 3.40. The molecule has 0 aromatic carbocycles. The number of nitrogens with one attached hydrogen (secondary N) is 1. The largest absolute Gasteiger partial charge is 0.327 e. The topological polar surface area (TPSA) is 52.7 Å². The third-order valence-electron chi connectivity index (χ3n) is 2.04. The number of likely N-dealkylation sites (N-methyl/N-ethyl adjacent to an activating group) is 2. The second kappa shape index (κ2) is 4.23. The van der Waals surface area contributed by atoms with E-state index in [4.69, 9.17) is 0 Å². The van der Waals surface area contributed by atoms with Gasteiger partial charge in [0.25, 0.3) is 5.91 Å². The van der Waals surface area contributed by atoms with Crippen LogP contribution >= 0.6 is 0 Å². The Balaban J connectivity index is 2.56. The minimum Gasteiger partial charge on any atom is -0.318 e. The molecule has 0 bridgehead atoms.